The maximum Gasteiger partial charge on any atom is 1.00 e. The van der Waals surface area contributed by atoms with Crippen molar-refractivity contribution in [2.24, 2.45) is 0 Å². The molecular weight excluding hydrogens is 98.0 g/mol. The van der Waals surface area contributed by atoms with Crippen LogP contribution in [-0.2, 0) is 0 Å². The molecule has 1 rings (SSSR count). The van der Waals surface area contributed by atoms with Gasteiger partial charge in [-0.1, -0.05) is 6.07 Å². The maximum absolute atomic E-state index is 3.72. The third-order valence-electron chi connectivity index (χ3n) is 0.843. The zero-order valence-electron chi connectivity index (χ0n) is 6.09. The second kappa shape index (κ2) is 6.41. The number of rotatable bonds is 0. The average Bonchev–Trinajstić information content (AvgIpc) is 1.69. The summed E-state index contributed by atoms with van der Waals surface area (Å²) < 4.78 is 0. The van der Waals surface area contributed by atoms with Crippen LogP contribution in [0.3, 0.4) is 0 Å². The van der Waals surface area contributed by atoms with Gasteiger partial charge in [-0.2, -0.15) is 24.6 Å². The van der Waals surface area contributed by atoms with Crippen LogP contribution in [0.5, 0.6) is 0 Å². The Balaban J connectivity index is 0. The third kappa shape index (κ3) is 4.77. The standard InChI is InChI=1S/C7H7.2Li/c1-7-5-3-2-4-6-7;;/h2-6H,1H2;;/q-1;;+1. The molecule has 0 saturated carbocycles. The Morgan fingerprint density at radius 1 is 1.00 bits per heavy atom. The summed E-state index contributed by atoms with van der Waals surface area (Å²) in [5.41, 5.74) is 1.07. The second-order valence-corrected chi connectivity index (χ2v) is 1.49. The molecule has 0 aromatic heterocycles. The Morgan fingerprint density at radius 2 is 1.44 bits per heavy atom. The van der Waals surface area contributed by atoms with Crippen molar-refractivity contribution >= 4 is 18.9 Å². The molecule has 0 unspecified atom stereocenters. The molecule has 0 nitrogen and oxygen atoms in total. The van der Waals surface area contributed by atoms with Gasteiger partial charge < -0.3 is 0 Å². The van der Waals surface area contributed by atoms with E-state index in [4.69, 9.17) is 0 Å². The normalized spacial score (nSPS) is 6.67. The SMILES string of the molecule is [CH2-]c1ccccc1.[Li+].[Li]. The molecule has 0 heterocycles. The van der Waals surface area contributed by atoms with Crippen molar-refractivity contribution in [2.45, 2.75) is 0 Å². The van der Waals surface area contributed by atoms with Crippen LogP contribution in [0.2, 0.25) is 0 Å². The van der Waals surface area contributed by atoms with Gasteiger partial charge in [0.25, 0.3) is 0 Å². The van der Waals surface area contributed by atoms with Crippen LogP contribution in [0.1, 0.15) is 5.56 Å². The fourth-order valence-electron chi connectivity index (χ4n) is 0.478. The first kappa shape index (κ1) is 12.0. The fourth-order valence-corrected chi connectivity index (χ4v) is 0.478. The predicted molar refractivity (Wildman–Crippen MR) is 36.7 cm³/mol. The number of hydrogen-bond donors (Lipinski definition) is 0. The van der Waals surface area contributed by atoms with Gasteiger partial charge in [0, 0.05) is 18.9 Å². The molecule has 1 aromatic carbocycles. The molecule has 0 N–H and O–H groups in total. The van der Waals surface area contributed by atoms with E-state index in [0.717, 1.165) is 5.56 Å². The molecule has 0 aliphatic heterocycles. The first-order chi connectivity index (χ1) is 3.39. The molecule has 1 aromatic rings. The second-order valence-electron chi connectivity index (χ2n) is 1.49. The van der Waals surface area contributed by atoms with Crippen LogP contribution in [0.25, 0.3) is 0 Å². The summed E-state index contributed by atoms with van der Waals surface area (Å²) in [5, 5.41) is 0. The third-order valence-corrected chi connectivity index (χ3v) is 0.843. The average molecular weight is 105 g/mol. The van der Waals surface area contributed by atoms with E-state index >= 15 is 0 Å². The maximum atomic E-state index is 3.72. The summed E-state index contributed by atoms with van der Waals surface area (Å²) in [6.07, 6.45) is 0. The summed E-state index contributed by atoms with van der Waals surface area (Å²) in [5.74, 6) is 0. The Morgan fingerprint density at radius 3 is 1.67 bits per heavy atom. The fraction of sp³-hybridized carbons (Fsp3) is 0. The van der Waals surface area contributed by atoms with Crippen LogP contribution in [0.4, 0.5) is 0 Å². The van der Waals surface area contributed by atoms with Crippen molar-refractivity contribution in [1.29, 1.82) is 0 Å². The van der Waals surface area contributed by atoms with Gasteiger partial charge in [0.1, 0.15) is 0 Å². The van der Waals surface area contributed by atoms with Crippen molar-refractivity contribution in [2.75, 3.05) is 0 Å². The van der Waals surface area contributed by atoms with Crippen LogP contribution in [-0.4, -0.2) is 18.9 Å². The van der Waals surface area contributed by atoms with Crippen LogP contribution in [0.15, 0.2) is 30.3 Å². The molecule has 0 aliphatic rings. The molecule has 37 valence electrons. The van der Waals surface area contributed by atoms with Gasteiger partial charge in [-0.25, -0.2) is 0 Å². The van der Waals surface area contributed by atoms with Gasteiger partial charge in [0.2, 0.25) is 0 Å². The molecule has 0 atom stereocenters. The molecule has 1 radical (unpaired) electrons. The zero-order valence-corrected chi connectivity index (χ0v) is 6.09. The van der Waals surface area contributed by atoms with Gasteiger partial charge in [-0.15, -0.1) is 12.1 Å². The first-order valence-corrected chi connectivity index (χ1v) is 2.26. The van der Waals surface area contributed by atoms with E-state index in [9.17, 15) is 0 Å². The van der Waals surface area contributed by atoms with Gasteiger partial charge in [0.15, 0.2) is 0 Å². The van der Waals surface area contributed by atoms with Gasteiger partial charge in [-0.3, -0.25) is 0 Å². The molecule has 0 spiro atoms. The van der Waals surface area contributed by atoms with Gasteiger partial charge >= 0.3 is 18.9 Å². The van der Waals surface area contributed by atoms with Gasteiger partial charge in [0.05, 0.1) is 0 Å². The van der Waals surface area contributed by atoms with Crippen molar-refractivity contribution in [3.05, 3.63) is 42.8 Å². The zero-order chi connectivity index (χ0) is 5.11. The quantitative estimate of drug-likeness (QED) is 0.278. The van der Waals surface area contributed by atoms with Crippen LogP contribution in [0, 0.1) is 6.92 Å². The van der Waals surface area contributed by atoms with Gasteiger partial charge in [-0.05, 0) is 0 Å². The first-order valence-electron chi connectivity index (χ1n) is 2.26. The summed E-state index contributed by atoms with van der Waals surface area (Å²) >= 11 is 0. The summed E-state index contributed by atoms with van der Waals surface area (Å²) in [6, 6.07) is 9.87. The van der Waals surface area contributed by atoms with E-state index in [1.807, 2.05) is 30.3 Å². The largest absolute Gasteiger partial charge is 1.00 e. The smallest absolute Gasteiger partial charge is 0.199 e. The van der Waals surface area contributed by atoms with E-state index in [-0.39, 0.29) is 37.7 Å². The molecule has 9 heavy (non-hydrogen) atoms. The summed E-state index contributed by atoms with van der Waals surface area (Å²) in [4.78, 5) is 0. The Labute approximate surface area is 80.4 Å². The summed E-state index contributed by atoms with van der Waals surface area (Å²) in [7, 11) is 0. The Bertz CT molecular complexity index is 137. The monoisotopic (exact) mass is 105 g/mol. The molecule has 0 aliphatic carbocycles. The van der Waals surface area contributed by atoms with Crippen LogP contribution >= 0.6 is 0 Å². The topological polar surface area (TPSA) is 0 Å². The molecule has 0 fully saturated rings. The van der Waals surface area contributed by atoms with E-state index in [1.54, 1.807) is 0 Å². The van der Waals surface area contributed by atoms with E-state index in [2.05, 4.69) is 6.92 Å². The van der Waals surface area contributed by atoms with Crippen LogP contribution < -0.4 is 18.9 Å². The summed E-state index contributed by atoms with van der Waals surface area (Å²) in [6.45, 7) is 3.72. The minimum absolute atomic E-state index is 0. The molecule has 2 heteroatoms. The van der Waals surface area contributed by atoms with E-state index in [1.165, 1.54) is 0 Å². The minimum atomic E-state index is 0. The number of benzene rings is 1. The predicted octanol–water partition coefficient (Wildman–Crippen LogP) is -1.51. The molecule has 0 saturated heterocycles. The van der Waals surface area contributed by atoms with Crippen molar-refractivity contribution < 1.29 is 18.9 Å². The number of hydrogen-bond acceptors (Lipinski definition) is 0. The van der Waals surface area contributed by atoms with Crippen molar-refractivity contribution in [3.63, 3.8) is 0 Å². The Hall–Kier alpha value is 0.285. The van der Waals surface area contributed by atoms with Crippen molar-refractivity contribution in [3.8, 4) is 0 Å². The van der Waals surface area contributed by atoms with Crippen molar-refractivity contribution in [1.82, 2.24) is 0 Å². The van der Waals surface area contributed by atoms with E-state index in [0.29, 0.717) is 0 Å². The Kier molecular flexibility index (Phi) is 8.55. The molecule has 0 amide bonds. The molecular formula is C7H7Li2. The minimum Gasteiger partial charge on any atom is -0.199 e. The molecule has 0 bridgehead atoms. The van der Waals surface area contributed by atoms with E-state index < -0.39 is 0 Å².